The highest BCUT2D eigenvalue weighted by Crippen LogP contribution is 2.46. The van der Waals surface area contributed by atoms with Crippen molar-refractivity contribution >= 4 is 108 Å². The molecule has 1 atom stereocenters. The smallest absolute Gasteiger partial charge is 0.224 e. The Morgan fingerprint density at radius 3 is 2.48 bits per heavy atom. The average molecular weight is 507 g/mol. The van der Waals surface area contributed by atoms with Gasteiger partial charge in [-0.2, -0.15) is 0 Å². The number of rotatable bonds is 0. The van der Waals surface area contributed by atoms with E-state index in [1.54, 1.807) is 12.2 Å². The third-order valence-electron chi connectivity index (χ3n) is 4.51. The number of allylic oxidation sites excluding steroid dienone is 3. The van der Waals surface area contributed by atoms with Crippen LogP contribution in [0.4, 0.5) is 5.69 Å². The Morgan fingerprint density at radius 2 is 1.72 bits per heavy atom. The van der Waals surface area contributed by atoms with Gasteiger partial charge in [0.05, 0.1) is 16.6 Å². The summed E-state index contributed by atoms with van der Waals surface area (Å²) in [4.78, 5) is 17.3. The summed E-state index contributed by atoms with van der Waals surface area (Å²) >= 11 is 38.4. The van der Waals surface area contributed by atoms with Gasteiger partial charge in [0.1, 0.15) is 20.7 Å². The molecule has 0 saturated carbocycles. The second-order valence-corrected chi connectivity index (χ2v) is 8.63. The van der Waals surface area contributed by atoms with E-state index in [9.17, 15) is 0 Å². The van der Waals surface area contributed by atoms with Gasteiger partial charge in [-0.3, -0.25) is 0 Å². The van der Waals surface area contributed by atoms with Crippen molar-refractivity contribution in [2.24, 2.45) is 15.9 Å². The van der Waals surface area contributed by atoms with Crippen LogP contribution < -0.4 is 0 Å². The van der Waals surface area contributed by atoms with E-state index in [2.05, 4.69) is 20.0 Å². The number of hydrogen-bond donors (Lipinski definition) is 0. The van der Waals surface area contributed by atoms with Crippen LogP contribution in [0, 0.1) is 5.92 Å². The van der Waals surface area contributed by atoms with Crippen LogP contribution in [0.15, 0.2) is 33.4 Å². The highest BCUT2D eigenvalue weighted by Gasteiger charge is 2.28. The predicted octanol–water partition coefficient (Wildman–Crippen LogP) is 7.92. The third-order valence-corrected chi connectivity index (χ3v) is 6.24. The monoisotopic (exact) mass is 504 g/mol. The van der Waals surface area contributed by atoms with Crippen LogP contribution in [-0.4, -0.2) is 20.3 Å². The van der Waals surface area contributed by atoms with Gasteiger partial charge in [0.2, 0.25) is 5.28 Å². The molecule has 148 valence electrons. The van der Waals surface area contributed by atoms with Gasteiger partial charge in [0.15, 0.2) is 0 Å². The number of aromatic nitrogens is 2. The van der Waals surface area contributed by atoms with Crippen molar-refractivity contribution in [1.29, 1.82) is 0 Å². The van der Waals surface area contributed by atoms with E-state index in [-0.39, 0.29) is 26.7 Å². The van der Waals surface area contributed by atoms with Gasteiger partial charge in [0.25, 0.3) is 0 Å². The lowest BCUT2D eigenvalue weighted by Crippen LogP contribution is -2.09. The zero-order valence-electron chi connectivity index (χ0n) is 14.7. The molecule has 0 aliphatic carbocycles. The number of hydrogen-bond acceptors (Lipinski definition) is 4. The maximum atomic E-state index is 6.71. The highest BCUT2D eigenvalue weighted by molar-refractivity contribution is 6.71. The van der Waals surface area contributed by atoms with E-state index in [0.29, 0.717) is 49.9 Å². The Kier molecular flexibility index (Phi) is 5.95. The summed E-state index contributed by atoms with van der Waals surface area (Å²) in [5.74, 6) is -0.0231. The third kappa shape index (κ3) is 3.83. The lowest BCUT2D eigenvalue weighted by molar-refractivity contribution is 0.802. The fourth-order valence-electron chi connectivity index (χ4n) is 3.14. The van der Waals surface area contributed by atoms with Gasteiger partial charge < -0.3 is 0 Å². The van der Waals surface area contributed by atoms with Crippen LogP contribution in [0.3, 0.4) is 0 Å². The van der Waals surface area contributed by atoms with Gasteiger partial charge in [-0.1, -0.05) is 83.2 Å². The molecule has 1 aromatic heterocycles. The number of halogens is 6. The van der Waals surface area contributed by atoms with Crippen molar-refractivity contribution in [3.63, 3.8) is 0 Å². The summed E-state index contributed by atoms with van der Waals surface area (Å²) in [6, 6.07) is 0. The molecule has 2 aromatic rings. The lowest BCUT2D eigenvalue weighted by atomic mass is 9.92. The zero-order valence-corrected chi connectivity index (χ0v) is 19.2. The molecule has 2 aliphatic rings. The average Bonchev–Trinajstić information content (AvgIpc) is 2.63. The molecular formula is C19H10Cl6N4. The van der Waals surface area contributed by atoms with Crippen molar-refractivity contribution < 1.29 is 0 Å². The molecule has 0 fully saturated rings. The first kappa shape index (κ1) is 21.1. The molecule has 0 saturated heterocycles. The predicted molar refractivity (Wildman–Crippen MR) is 125 cm³/mol. The molecule has 3 heterocycles. The Bertz CT molecular complexity index is 1210. The minimum Gasteiger partial charge on any atom is -0.239 e. The fraction of sp³-hybridized carbons (Fsp3) is 0.158. The summed E-state index contributed by atoms with van der Waals surface area (Å²) < 4.78 is 0. The Balaban J connectivity index is 2.29. The van der Waals surface area contributed by atoms with Gasteiger partial charge in [-0.05, 0) is 29.7 Å². The molecule has 0 radical (unpaired) electrons. The summed E-state index contributed by atoms with van der Waals surface area (Å²) in [7, 11) is 0. The van der Waals surface area contributed by atoms with Crippen LogP contribution in [0.5, 0.6) is 0 Å². The van der Waals surface area contributed by atoms with Crippen molar-refractivity contribution in [2.75, 3.05) is 0 Å². The van der Waals surface area contributed by atoms with Crippen LogP contribution in [0.25, 0.3) is 22.0 Å². The molecule has 10 heteroatoms. The molecule has 0 spiro atoms. The van der Waals surface area contributed by atoms with Crippen molar-refractivity contribution in [3.05, 3.63) is 50.5 Å². The van der Waals surface area contributed by atoms with E-state index in [1.165, 1.54) is 0 Å². The second-order valence-electron chi connectivity index (χ2n) is 6.39. The number of fused-ring (bicyclic) bond motifs is 6. The van der Waals surface area contributed by atoms with Gasteiger partial charge >= 0.3 is 0 Å². The van der Waals surface area contributed by atoms with E-state index in [1.807, 2.05) is 19.1 Å². The van der Waals surface area contributed by atoms with Gasteiger partial charge in [-0.25, -0.2) is 20.0 Å². The molecular weight excluding hydrogens is 497 g/mol. The number of nitrogens with zero attached hydrogens (tertiary/aromatic N) is 4. The first-order valence-corrected chi connectivity index (χ1v) is 10.7. The first-order chi connectivity index (χ1) is 13.8. The van der Waals surface area contributed by atoms with Crippen molar-refractivity contribution in [2.45, 2.75) is 13.3 Å². The van der Waals surface area contributed by atoms with E-state index in [0.717, 1.165) is 0 Å². The van der Waals surface area contributed by atoms with Gasteiger partial charge in [0, 0.05) is 22.1 Å². The molecule has 4 rings (SSSR count). The van der Waals surface area contributed by atoms with Crippen LogP contribution >= 0.6 is 69.6 Å². The number of aliphatic imine (C=N–C) groups is 2. The van der Waals surface area contributed by atoms with Crippen molar-refractivity contribution in [3.8, 4) is 0 Å². The number of benzene rings is 1. The molecule has 4 nitrogen and oxygen atoms in total. The Hall–Kier alpha value is -1.14. The molecule has 0 N–H and O–H groups in total. The van der Waals surface area contributed by atoms with E-state index in [4.69, 9.17) is 69.6 Å². The normalized spacial score (nSPS) is 22.7. The summed E-state index contributed by atoms with van der Waals surface area (Å²) in [5.41, 5.74) is 2.54. The second kappa shape index (κ2) is 8.18. The maximum Gasteiger partial charge on any atom is 0.224 e. The van der Waals surface area contributed by atoms with Crippen LogP contribution in [-0.2, 0) is 0 Å². The van der Waals surface area contributed by atoms with Crippen molar-refractivity contribution in [1.82, 2.24) is 9.97 Å². The van der Waals surface area contributed by atoms with E-state index >= 15 is 0 Å². The Morgan fingerprint density at radius 1 is 0.966 bits per heavy atom. The zero-order chi connectivity index (χ0) is 20.9. The Labute approximate surface area is 196 Å². The SMILES string of the molecule is CC1C/C=C(\Cl)c2c3c(c4nc(Cl)nc(Cl)c4c2N=C1Cl)C(Cl)=N/C(Cl)=C/C=C3. The quantitative estimate of drug-likeness (QED) is 0.207. The molecule has 1 unspecified atom stereocenters. The highest BCUT2D eigenvalue weighted by atomic mass is 35.5. The van der Waals surface area contributed by atoms with Gasteiger partial charge in [-0.15, -0.1) is 0 Å². The topological polar surface area (TPSA) is 50.5 Å². The van der Waals surface area contributed by atoms with Crippen LogP contribution in [0.1, 0.15) is 30.0 Å². The first-order valence-electron chi connectivity index (χ1n) is 8.39. The maximum absolute atomic E-state index is 6.71. The minimum absolute atomic E-state index is 0.0231. The standard InChI is InChI=1S/C19H10Cl6N4/c1-7-5-6-9(20)11-8-3-2-4-10(21)26-17(23)12(8)15-13(14(11)27-16(7)22)18(24)29-19(25)28-15/h2-4,6-7H,5H2,1H3/b3-2?,4-2?,8-3?,9-6-,10-4+,17-12?,26-10?,26-17?,27-16?. The summed E-state index contributed by atoms with van der Waals surface area (Å²) in [6.07, 6.45) is 7.67. The molecule has 2 aliphatic heterocycles. The largest absolute Gasteiger partial charge is 0.239 e. The lowest BCUT2D eigenvalue weighted by Gasteiger charge is -2.21. The minimum atomic E-state index is -0.0438. The molecule has 29 heavy (non-hydrogen) atoms. The molecule has 0 amide bonds. The summed E-state index contributed by atoms with van der Waals surface area (Å²) in [6.45, 7) is 1.96. The molecule has 0 bridgehead atoms. The van der Waals surface area contributed by atoms with E-state index < -0.39 is 0 Å². The van der Waals surface area contributed by atoms with Crippen LogP contribution in [0.2, 0.25) is 10.4 Å². The molecule has 1 aromatic carbocycles. The summed E-state index contributed by atoms with van der Waals surface area (Å²) in [5, 5.41) is 1.69. The fourth-order valence-corrected chi connectivity index (χ4v) is 4.55.